The van der Waals surface area contributed by atoms with Gasteiger partial charge in [-0.25, -0.2) is 5.43 Å². The average Bonchev–Trinajstić information content (AvgIpc) is 2.90. The van der Waals surface area contributed by atoms with Crippen molar-refractivity contribution in [1.82, 2.24) is 10.3 Å². The lowest BCUT2D eigenvalue weighted by molar-refractivity contribution is -0.384. The summed E-state index contributed by atoms with van der Waals surface area (Å²) in [5, 5.41) is 15.0. The van der Waals surface area contributed by atoms with Crippen LogP contribution in [0.5, 0.6) is 5.75 Å². The summed E-state index contributed by atoms with van der Waals surface area (Å²) < 4.78 is 6.98. The fourth-order valence-electron chi connectivity index (χ4n) is 4.05. The molecule has 9 heteroatoms. The van der Waals surface area contributed by atoms with Gasteiger partial charge in [0.1, 0.15) is 12.4 Å². The topological polar surface area (TPSA) is 97.1 Å². The van der Waals surface area contributed by atoms with E-state index in [0.29, 0.717) is 18.9 Å². The molecule has 0 aromatic heterocycles. The number of rotatable bonds is 9. The Labute approximate surface area is 218 Å². The number of hydrogen-bond acceptors (Lipinski definition) is 6. The van der Waals surface area contributed by atoms with E-state index >= 15 is 0 Å². The summed E-state index contributed by atoms with van der Waals surface area (Å²) in [5.41, 5.74) is 5.63. The Bertz CT molecular complexity index is 1210. The standard InChI is InChI=1S/C27H27BrN4O4/c28-24-9-5-21(6-10-24)19-36-26-4-2-1-3-23(26)17-29-30-27(33)22-13-15-31(16-14-22)18-20-7-11-25(12-8-20)32(34)35/h1-12,17,22H,13-16,18-19H2,(H,30,33). The van der Waals surface area contributed by atoms with Gasteiger partial charge in [-0.1, -0.05) is 52.3 Å². The van der Waals surface area contributed by atoms with E-state index in [1.807, 2.05) is 48.5 Å². The molecule has 8 nitrogen and oxygen atoms in total. The molecule has 0 atom stereocenters. The quantitative estimate of drug-likeness (QED) is 0.221. The van der Waals surface area contributed by atoms with Gasteiger partial charge in [-0.3, -0.25) is 19.8 Å². The molecule has 1 aliphatic heterocycles. The molecular formula is C27H27BrN4O4. The number of nitrogens with zero attached hydrogens (tertiary/aromatic N) is 3. The van der Waals surface area contributed by atoms with Crippen LogP contribution in [0, 0.1) is 16.0 Å². The van der Waals surface area contributed by atoms with Gasteiger partial charge >= 0.3 is 0 Å². The molecule has 1 amide bonds. The molecule has 36 heavy (non-hydrogen) atoms. The average molecular weight is 551 g/mol. The number of carbonyl (C=O) groups excluding carboxylic acids is 1. The smallest absolute Gasteiger partial charge is 0.269 e. The molecule has 186 valence electrons. The molecular weight excluding hydrogens is 524 g/mol. The normalized spacial score (nSPS) is 14.6. The molecule has 0 saturated carbocycles. The highest BCUT2D eigenvalue weighted by atomic mass is 79.9. The summed E-state index contributed by atoms with van der Waals surface area (Å²) in [6, 6.07) is 22.1. The van der Waals surface area contributed by atoms with Gasteiger partial charge in [0.25, 0.3) is 5.69 Å². The van der Waals surface area contributed by atoms with Gasteiger partial charge in [0.15, 0.2) is 0 Å². The number of piperidine rings is 1. The van der Waals surface area contributed by atoms with Crippen molar-refractivity contribution in [2.75, 3.05) is 13.1 Å². The number of nitro groups is 1. The largest absolute Gasteiger partial charge is 0.488 e. The number of para-hydroxylation sites is 1. The van der Waals surface area contributed by atoms with E-state index in [2.05, 4.69) is 31.4 Å². The molecule has 3 aromatic rings. The summed E-state index contributed by atoms with van der Waals surface area (Å²) in [7, 11) is 0. The van der Waals surface area contributed by atoms with Gasteiger partial charge in [-0.2, -0.15) is 5.10 Å². The Kier molecular flexibility index (Phi) is 8.80. The predicted octanol–water partition coefficient (Wildman–Crippen LogP) is 5.30. The van der Waals surface area contributed by atoms with Gasteiger partial charge in [0.05, 0.1) is 11.1 Å². The van der Waals surface area contributed by atoms with Crippen LogP contribution in [0.3, 0.4) is 0 Å². The maximum atomic E-state index is 12.6. The van der Waals surface area contributed by atoms with Crippen LogP contribution in [0.25, 0.3) is 0 Å². The lowest BCUT2D eigenvalue weighted by Crippen LogP contribution is -2.39. The van der Waals surface area contributed by atoms with E-state index in [-0.39, 0.29) is 17.5 Å². The summed E-state index contributed by atoms with van der Waals surface area (Å²) in [5.74, 6) is 0.506. The zero-order valence-electron chi connectivity index (χ0n) is 19.7. The fourth-order valence-corrected chi connectivity index (χ4v) is 4.32. The number of non-ortho nitro benzene ring substituents is 1. The summed E-state index contributed by atoms with van der Waals surface area (Å²) >= 11 is 3.43. The Morgan fingerprint density at radius 1 is 1.06 bits per heavy atom. The molecule has 4 rings (SSSR count). The maximum absolute atomic E-state index is 12.6. The van der Waals surface area contributed by atoms with Gasteiger partial charge in [0, 0.05) is 34.6 Å². The number of carbonyl (C=O) groups is 1. The lowest BCUT2D eigenvalue weighted by atomic mass is 9.96. The Balaban J connectivity index is 1.24. The van der Waals surface area contributed by atoms with Crippen LogP contribution in [0.1, 0.15) is 29.5 Å². The van der Waals surface area contributed by atoms with E-state index in [4.69, 9.17) is 4.74 Å². The first kappa shape index (κ1) is 25.5. The fraction of sp³-hybridized carbons (Fsp3) is 0.259. The van der Waals surface area contributed by atoms with Crippen molar-refractivity contribution >= 4 is 33.7 Å². The van der Waals surface area contributed by atoms with Crippen molar-refractivity contribution in [2.45, 2.75) is 26.0 Å². The van der Waals surface area contributed by atoms with Crippen molar-refractivity contribution in [3.63, 3.8) is 0 Å². The number of ether oxygens (including phenoxy) is 1. The summed E-state index contributed by atoms with van der Waals surface area (Å²) in [6.07, 6.45) is 3.08. The predicted molar refractivity (Wildman–Crippen MR) is 142 cm³/mol. The molecule has 0 radical (unpaired) electrons. The van der Waals surface area contributed by atoms with E-state index in [1.165, 1.54) is 12.1 Å². The zero-order chi connectivity index (χ0) is 25.3. The van der Waals surface area contributed by atoms with Gasteiger partial charge < -0.3 is 4.74 Å². The minimum atomic E-state index is -0.397. The highest BCUT2D eigenvalue weighted by Gasteiger charge is 2.25. The van der Waals surface area contributed by atoms with E-state index in [1.54, 1.807) is 18.3 Å². The van der Waals surface area contributed by atoms with Gasteiger partial charge in [0.2, 0.25) is 5.91 Å². The number of halogens is 1. The number of nitrogens with one attached hydrogen (secondary N) is 1. The van der Waals surface area contributed by atoms with Crippen LogP contribution in [0.2, 0.25) is 0 Å². The lowest BCUT2D eigenvalue weighted by Gasteiger charge is -2.30. The monoisotopic (exact) mass is 550 g/mol. The number of likely N-dealkylation sites (tertiary alicyclic amines) is 1. The van der Waals surface area contributed by atoms with Crippen LogP contribution >= 0.6 is 15.9 Å². The Morgan fingerprint density at radius 2 is 1.72 bits per heavy atom. The molecule has 0 unspecified atom stereocenters. The zero-order valence-corrected chi connectivity index (χ0v) is 21.3. The molecule has 1 saturated heterocycles. The molecule has 0 bridgehead atoms. The van der Waals surface area contributed by atoms with E-state index in [0.717, 1.165) is 47.1 Å². The van der Waals surface area contributed by atoms with Crippen LogP contribution in [-0.4, -0.2) is 35.0 Å². The highest BCUT2D eigenvalue weighted by molar-refractivity contribution is 9.10. The van der Waals surface area contributed by atoms with Crippen LogP contribution in [-0.2, 0) is 17.9 Å². The molecule has 1 aliphatic rings. The summed E-state index contributed by atoms with van der Waals surface area (Å²) in [4.78, 5) is 25.3. The third-order valence-corrected chi connectivity index (χ3v) is 6.65. The molecule has 3 aromatic carbocycles. The van der Waals surface area contributed by atoms with Gasteiger partial charge in [-0.05, 0) is 61.3 Å². The second-order valence-electron chi connectivity index (χ2n) is 8.66. The second kappa shape index (κ2) is 12.4. The van der Waals surface area contributed by atoms with E-state index in [9.17, 15) is 14.9 Å². The molecule has 0 aliphatic carbocycles. The van der Waals surface area contributed by atoms with Gasteiger partial charge in [-0.15, -0.1) is 0 Å². The Hall–Kier alpha value is -3.56. The molecule has 1 fully saturated rings. The highest BCUT2D eigenvalue weighted by Crippen LogP contribution is 2.21. The number of hydrazone groups is 1. The van der Waals surface area contributed by atoms with Crippen LogP contribution in [0.4, 0.5) is 5.69 Å². The van der Waals surface area contributed by atoms with Crippen molar-refractivity contribution in [2.24, 2.45) is 11.0 Å². The third kappa shape index (κ3) is 7.22. The third-order valence-electron chi connectivity index (χ3n) is 6.12. The first-order valence-corrected chi connectivity index (χ1v) is 12.5. The van der Waals surface area contributed by atoms with Crippen molar-refractivity contribution in [3.8, 4) is 5.75 Å². The van der Waals surface area contributed by atoms with E-state index < -0.39 is 4.92 Å². The summed E-state index contributed by atoms with van der Waals surface area (Å²) in [6.45, 7) is 2.71. The van der Waals surface area contributed by atoms with Crippen LogP contribution < -0.4 is 10.2 Å². The Morgan fingerprint density at radius 3 is 2.42 bits per heavy atom. The number of nitro benzene ring substituents is 1. The molecule has 1 N–H and O–H groups in total. The number of benzene rings is 3. The van der Waals surface area contributed by atoms with Crippen molar-refractivity contribution in [3.05, 3.63) is 104 Å². The minimum absolute atomic E-state index is 0.0884. The maximum Gasteiger partial charge on any atom is 0.269 e. The first-order valence-electron chi connectivity index (χ1n) is 11.7. The van der Waals surface area contributed by atoms with Crippen molar-refractivity contribution in [1.29, 1.82) is 0 Å². The molecule has 0 spiro atoms. The first-order chi connectivity index (χ1) is 17.5. The second-order valence-corrected chi connectivity index (χ2v) is 9.58. The van der Waals surface area contributed by atoms with Crippen molar-refractivity contribution < 1.29 is 14.5 Å². The number of amides is 1. The minimum Gasteiger partial charge on any atom is -0.488 e. The van der Waals surface area contributed by atoms with Crippen LogP contribution in [0.15, 0.2) is 82.4 Å². The SMILES string of the molecule is O=C(NN=Cc1ccccc1OCc1ccc(Br)cc1)C1CCN(Cc2ccc([N+](=O)[O-])cc2)CC1. The molecule has 1 heterocycles. The number of hydrogen-bond donors (Lipinski definition) is 1.